The van der Waals surface area contributed by atoms with Crippen LogP contribution in [0.5, 0.6) is 5.75 Å². The minimum absolute atomic E-state index is 0.382. The first-order valence-corrected chi connectivity index (χ1v) is 6.78. The number of carboxylic acids is 1. The molecule has 0 amide bonds. The Balaban J connectivity index is 2.29. The van der Waals surface area contributed by atoms with Crippen LogP contribution < -0.4 is 4.74 Å². The number of benzene rings is 1. The van der Waals surface area contributed by atoms with Crippen molar-refractivity contribution in [3.63, 3.8) is 0 Å². The van der Waals surface area contributed by atoms with Crippen molar-refractivity contribution in [1.82, 2.24) is 4.90 Å². The molecule has 1 saturated heterocycles. The van der Waals surface area contributed by atoms with Crippen molar-refractivity contribution in [2.45, 2.75) is 24.9 Å². The van der Waals surface area contributed by atoms with E-state index in [1.807, 2.05) is 0 Å². The van der Waals surface area contributed by atoms with Crippen molar-refractivity contribution in [2.75, 3.05) is 20.8 Å². The van der Waals surface area contributed by atoms with Gasteiger partial charge in [0.2, 0.25) is 0 Å². The number of carboxylic acid groups (broad SMARTS) is 1. The molecule has 6 nitrogen and oxygen atoms in total. The van der Waals surface area contributed by atoms with E-state index in [1.165, 1.54) is 7.11 Å². The molecule has 1 unspecified atom stereocenters. The average molecular weight is 293 g/mol. The van der Waals surface area contributed by atoms with Crippen molar-refractivity contribution in [2.24, 2.45) is 0 Å². The summed E-state index contributed by atoms with van der Waals surface area (Å²) in [5.41, 5.74) is 0.624. The average Bonchev–Trinajstić information content (AvgIpc) is 2.96. The Hall–Kier alpha value is -2.08. The second kappa shape index (κ2) is 6.58. The van der Waals surface area contributed by atoms with E-state index >= 15 is 0 Å². The summed E-state index contributed by atoms with van der Waals surface area (Å²) in [5.74, 6) is -0.697. The van der Waals surface area contributed by atoms with E-state index in [0.717, 1.165) is 6.42 Å². The summed E-state index contributed by atoms with van der Waals surface area (Å²) in [6.07, 6.45) is 1.40. The van der Waals surface area contributed by atoms with Gasteiger partial charge in [0.15, 0.2) is 0 Å². The summed E-state index contributed by atoms with van der Waals surface area (Å²) in [6, 6.07) is 5.50. The lowest BCUT2D eigenvalue weighted by atomic mass is 10.0. The van der Waals surface area contributed by atoms with Gasteiger partial charge in [0, 0.05) is 6.54 Å². The molecule has 0 bridgehead atoms. The third kappa shape index (κ3) is 3.16. The molecule has 0 saturated carbocycles. The van der Waals surface area contributed by atoms with Gasteiger partial charge in [-0.1, -0.05) is 12.1 Å². The van der Waals surface area contributed by atoms with Gasteiger partial charge in [-0.25, -0.2) is 0 Å². The summed E-state index contributed by atoms with van der Waals surface area (Å²) in [5, 5.41) is 9.56. The number of hydrogen-bond donors (Lipinski definition) is 1. The largest absolute Gasteiger partial charge is 0.497 e. The minimum atomic E-state index is -0.976. The molecular weight excluding hydrogens is 274 g/mol. The van der Waals surface area contributed by atoms with Gasteiger partial charge in [0.1, 0.15) is 17.8 Å². The van der Waals surface area contributed by atoms with Gasteiger partial charge in [-0.15, -0.1) is 0 Å². The molecule has 1 aromatic rings. The van der Waals surface area contributed by atoms with Gasteiger partial charge in [-0.2, -0.15) is 0 Å². The molecule has 1 aromatic carbocycles. The molecule has 0 aromatic heterocycles. The van der Waals surface area contributed by atoms with E-state index in [1.54, 1.807) is 36.3 Å². The smallest absolute Gasteiger partial charge is 0.325 e. The lowest BCUT2D eigenvalue weighted by Gasteiger charge is -2.29. The summed E-state index contributed by atoms with van der Waals surface area (Å²) in [4.78, 5) is 25.2. The van der Waals surface area contributed by atoms with Gasteiger partial charge in [-0.3, -0.25) is 14.5 Å². The van der Waals surface area contributed by atoms with Gasteiger partial charge < -0.3 is 14.6 Å². The van der Waals surface area contributed by atoms with Crippen molar-refractivity contribution in [1.29, 1.82) is 0 Å². The van der Waals surface area contributed by atoms with Crippen LogP contribution in [0.2, 0.25) is 0 Å². The highest BCUT2D eigenvalue weighted by atomic mass is 16.5. The molecular formula is C15H19NO5. The molecule has 21 heavy (non-hydrogen) atoms. The standard InChI is InChI=1S/C15H19NO5/c1-20-11-7-5-10(6-8-11)13(14(17)18)16-9-3-4-12(16)15(19)21-2/h5-8,12-13H,3-4,9H2,1-2H3,(H,17,18)/t12-,13?/m0/s1. The summed E-state index contributed by atoms with van der Waals surface area (Å²) in [6.45, 7) is 0.558. The molecule has 0 radical (unpaired) electrons. The predicted molar refractivity (Wildman–Crippen MR) is 75.1 cm³/mol. The minimum Gasteiger partial charge on any atom is -0.497 e. The summed E-state index contributed by atoms with van der Waals surface area (Å²) in [7, 11) is 2.87. The van der Waals surface area contributed by atoms with Crippen LogP contribution in [0.1, 0.15) is 24.4 Å². The molecule has 1 fully saturated rings. The fourth-order valence-electron chi connectivity index (χ4n) is 2.75. The number of nitrogens with zero attached hydrogens (tertiary/aromatic N) is 1. The number of hydrogen-bond acceptors (Lipinski definition) is 5. The molecule has 1 N–H and O–H groups in total. The highest BCUT2D eigenvalue weighted by Gasteiger charge is 2.40. The third-order valence-corrected chi connectivity index (χ3v) is 3.76. The Bertz CT molecular complexity index is 513. The van der Waals surface area contributed by atoms with Gasteiger partial charge in [0.05, 0.1) is 14.2 Å². The van der Waals surface area contributed by atoms with Crippen LogP contribution in [0, 0.1) is 0 Å². The second-order valence-electron chi connectivity index (χ2n) is 4.93. The fourth-order valence-corrected chi connectivity index (χ4v) is 2.75. The van der Waals surface area contributed by atoms with Crippen LogP contribution in [0.4, 0.5) is 0 Å². The first-order chi connectivity index (χ1) is 10.1. The molecule has 1 heterocycles. The van der Waals surface area contributed by atoms with Crippen molar-refractivity contribution in [3.05, 3.63) is 29.8 Å². The molecule has 0 spiro atoms. The molecule has 1 aliphatic rings. The monoisotopic (exact) mass is 293 g/mol. The Labute approximate surface area is 123 Å². The first kappa shape index (κ1) is 15.3. The Morgan fingerprint density at radius 2 is 1.95 bits per heavy atom. The lowest BCUT2D eigenvalue weighted by molar-refractivity contribution is -0.151. The summed E-state index contributed by atoms with van der Waals surface area (Å²) >= 11 is 0. The Morgan fingerprint density at radius 3 is 2.48 bits per heavy atom. The van der Waals surface area contributed by atoms with Crippen molar-refractivity contribution in [3.8, 4) is 5.75 Å². The topological polar surface area (TPSA) is 76.1 Å². The number of aliphatic carboxylic acids is 1. The number of carbonyl (C=O) groups excluding carboxylic acids is 1. The van der Waals surface area contributed by atoms with Gasteiger partial charge in [-0.05, 0) is 30.5 Å². The SMILES string of the molecule is COC(=O)[C@@H]1CCCN1C(C(=O)O)c1ccc(OC)cc1. The number of ether oxygens (including phenoxy) is 2. The van der Waals surface area contributed by atoms with E-state index in [0.29, 0.717) is 24.3 Å². The van der Waals surface area contributed by atoms with E-state index in [9.17, 15) is 14.7 Å². The van der Waals surface area contributed by atoms with Crippen LogP contribution >= 0.6 is 0 Å². The lowest BCUT2D eigenvalue weighted by Crippen LogP contribution is -2.42. The Morgan fingerprint density at radius 1 is 1.29 bits per heavy atom. The maximum absolute atomic E-state index is 11.8. The van der Waals surface area contributed by atoms with E-state index in [-0.39, 0.29) is 5.97 Å². The number of carbonyl (C=O) groups is 2. The highest BCUT2D eigenvalue weighted by Crippen LogP contribution is 2.31. The molecule has 6 heteroatoms. The van der Waals surface area contributed by atoms with E-state index < -0.39 is 18.1 Å². The van der Waals surface area contributed by atoms with Crippen LogP contribution in [-0.4, -0.2) is 48.8 Å². The van der Waals surface area contributed by atoms with Crippen LogP contribution in [-0.2, 0) is 14.3 Å². The Kier molecular flexibility index (Phi) is 4.80. The highest BCUT2D eigenvalue weighted by molar-refractivity contribution is 5.80. The van der Waals surface area contributed by atoms with Crippen LogP contribution in [0.3, 0.4) is 0 Å². The molecule has 2 rings (SSSR count). The third-order valence-electron chi connectivity index (χ3n) is 3.76. The maximum Gasteiger partial charge on any atom is 0.325 e. The quantitative estimate of drug-likeness (QED) is 0.828. The summed E-state index contributed by atoms with van der Waals surface area (Å²) < 4.78 is 9.85. The number of esters is 1. The fraction of sp³-hybridized carbons (Fsp3) is 0.467. The van der Waals surface area contributed by atoms with E-state index in [4.69, 9.17) is 9.47 Å². The molecule has 1 aliphatic heterocycles. The van der Waals surface area contributed by atoms with E-state index in [2.05, 4.69) is 0 Å². The zero-order valence-electron chi connectivity index (χ0n) is 12.1. The second-order valence-corrected chi connectivity index (χ2v) is 4.93. The van der Waals surface area contributed by atoms with Crippen molar-refractivity contribution >= 4 is 11.9 Å². The van der Waals surface area contributed by atoms with Crippen molar-refractivity contribution < 1.29 is 24.2 Å². The van der Waals surface area contributed by atoms with Crippen LogP contribution in [0.15, 0.2) is 24.3 Å². The normalized spacial score (nSPS) is 20.0. The van der Waals surface area contributed by atoms with Crippen LogP contribution in [0.25, 0.3) is 0 Å². The zero-order chi connectivity index (χ0) is 15.4. The predicted octanol–water partition coefficient (Wildman–Crippen LogP) is 1.46. The van der Waals surface area contributed by atoms with Gasteiger partial charge >= 0.3 is 11.9 Å². The van der Waals surface area contributed by atoms with Gasteiger partial charge in [0.25, 0.3) is 0 Å². The first-order valence-electron chi connectivity index (χ1n) is 6.78. The molecule has 0 aliphatic carbocycles. The maximum atomic E-state index is 11.8. The molecule has 114 valence electrons. The number of rotatable bonds is 5. The zero-order valence-corrected chi connectivity index (χ0v) is 12.1. The number of methoxy groups -OCH3 is 2. The number of likely N-dealkylation sites (tertiary alicyclic amines) is 1. The molecule has 2 atom stereocenters.